The highest BCUT2D eigenvalue weighted by molar-refractivity contribution is 6.09. The van der Waals surface area contributed by atoms with Gasteiger partial charge in [0.05, 0.1) is 17.5 Å². The summed E-state index contributed by atoms with van der Waals surface area (Å²) in [7, 11) is 0. The second-order valence-electron chi connectivity index (χ2n) is 15.7. The molecule has 13 nitrogen and oxygen atoms in total. The second kappa shape index (κ2) is 14.5. The van der Waals surface area contributed by atoms with Crippen molar-refractivity contribution in [2.45, 2.75) is 82.1 Å². The minimum Gasteiger partial charge on any atom is -0.364 e. The Morgan fingerprint density at radius 3 is 2.54 bits per heavy atom. The number of hydrogen-bond acceptors (Lipinski definition) is 10. The molecular formula is C41H47N9O4. The van der Waals surface area contributed by atoms with Crippen molar-refractivity contribution in [3.8, 4) is 0 Å². The van der Waals surface area contributed by atoms with Crippen LogP contribution in [0.25, 0.3) is 21.9 Å². The van der Waals surface area contributed by atoms with Crippen molar-refractivity contribution >= 4 is 56.9 Å². The van der Waals surface area contributed by atoms with Crippen molar-refractivity contribution in [3.63, 3.8) is 0 Å². The van der Waals surface area contributed by atoms with Gasteiger partial charge in [-0.1, -0.05) is 17.3 Å². The molecule has 4 aliphatic rings. The summed E-state index contributed by atoms with van der Waals surface area (Å²) in [5.74, 6) is 0.720. The Balaban J connectivity index is 0.804. The molecule has 0 radical (unpaired) electrons. The van der Waals surface area contributed by atoms with E-state index in [1.165, 1.54) is 18.4 Å². The first-order valence-electron chi connectivity index (χ1n) is 19.6. The van der Waals surface area contributed by atoms with E-state index >= 15 is 0 Å². The molecule has 3 amide bonds. The SMILES string of the molecule is NC(=O)c1ncc(N2CCCCC2)nc1Nc1ccc(C2CCN(C[C@H]3CCC(n4ccc5c6c(C7CCC(=O)NC7=O)noc6ccc54)C3)CC2)cc1. The minimum absolute atomic E-state index is 0.149. The van der Waals surface area contributed by atoms with E-state index in [1.807, 2.05) is 6.07 Å². The molecule has 0 spiro atoms. The van der Waals surface area contributed by atoms with Crippen LogP contribution in [0.5, 0.6) is 0 Å². The van der Waals surface area contributed by atoms with Crippen LogP contribution in [-0.2, 0) is 9.59 Å². The van der Waals surface area contributed by atoms with Gasteiger partial charge in [0.2, 0.25) is 11.8 Å². The van der Waals surface area contributed by atoms with Gasteiger partial charge < -0.3 is 29.9 Å². The van der Waals surface area contributed by atoms with Crippen LogP contribution in [0.3, 0.4) is 0 Å². The predicted molar refractivity (Wildman–Crippen MR) is 206 cm³/mol. The lowest BCUT2D eigenvalue weighted by atomic mass is 9.89. The number of rotatable bonds is 9. The van der Waals surface area contributed by atoms with Crippen LogP contribution >= 0.6 is 0 Å². The van der Waals surface area contributed by atoms with Crippen LogP contribution in [0.1, 0.15) is 104 Å². The lowest BCUT2D eigenvalue weighted by Gasteiger charge is -2.34. The third-order valence-corrected chi connectivity index (χ3v) is 12.3. The molecule has 3 aliphatic heterocycles. The number of carbonyl (C=O) groups is 3. The Morgan fingerprint density at radius 2 is 1.76 bits per heavy atom. The summed E-state index contributed by atoms with van der Waals surface area (Å²) in [4.78, 5) is 50.6. The van der Waals surface area contributed by atoms with Gasteiger partial charge in [-0.25, -0.2) is 9.97 Å². The average Bonchev–Trinajstić information content (AvgIpc) is 3.94. The topological polar surface area (TPSA) is 165 Å². The molecule has 3 aromatic heterocycles. The van der Waals surface area contributed by atoms with Gasteiger partial charge >= 0.3 is 0 Å². The molecular weight excluding hydrogens is 683 g/mol. The zero-order valence-corrected chi connectivity index (χ0v) is 30.5. The van der Waals surface area contributed by atoms with Gasteiger partial charge in [0, 0.05) is 54.9 Å². The lowest BCUT2D eigenvalue weighted by Crippen LogP contribution is -2.39. The first-order chi connectivity index (χ1) is 26.4. The summed E-state index contributed by atoms with van der Waals surface area (Å²) < 4.78 is 8.07. The number of aromatic nitrogens is 4. The molecule has 0 bridgehead atoms. The first-order valence-corrected chi connectivity index (χ1v) is 19.6. The Bertz CT molecular complexity index is 2200. The number of piperidine rings is 3. The number of primary amides is 1. The maximum atomic E-state index is 12.7. The van der Waals surface area contributed by atoms with E-state index in [-0.39, 0.29) is 17.5 Å². The molecule has 1 aliphatic carbocycles. The van der Waals surface area contributed by atoms with E-state index < -0.39 is 11.8 Å². The summed E-state index contributed by atoms with van der Waals surface area (Å²) in [5, 5.41) is 12.0. The van der Waals surface area contributed by atoms with Gasteiger partial charge in [0.1, 0.15) is 11.5 Å². The van der Waals surface area contributed by atoms with Gasteiger partial charge in [-0.2, -0.15) is 0 Å². The van der Waals surface area contributed by atoms with Gasteiger partial charge in [0.25, 0.3) is 5.91 Å². The number of benzene rings is 2. The number of nitrogens with zero attached hydrogens (tertiary/aromatic N) is 6. The van der Waals surface area contributed by atoms with Gasteiger partial charge in [-0.05, 0) is 119 Å². The van der Waals surface area contributed by atoms with Crippen LogP contribution in [0.2, 0.25) is 0 Å². The summed E-state index contributed by atoms with van der Waals surface area (Å²) in [5.41, 5.74) is 10.4. The average molecular weight is 730 g/mol. The molecule has 280 valence electrons. The number of nitrogens with two attached hydrogens (primary N) is 1. The van der Waals surface area contributed by atoms with Crippen molar-refractivity contribution in [1.29, 1.82) is 0 Å². The van der Waals surface area contributed by atoms with E-state index in [2.05, 4.69) is 77.7 Å². The van der Waals surface area contributed by atoms with Crippen molar-refractivity contribution in [2.24, 2.45) is 11.7 Å². The van der Waals surface area contributed by atoms with Gasteiger partial charge in [0.15, 0.2) is 17.1 Å². The van der Waals surface area contributed by atoms with Crippen LogP contribution in [0.15, 0.2) is 59.4 Å². The highest BCUT2D eigenvalue weighted by atomic mass is 16.5. The molecule has 4 fully saturated rings. The molecule has 6 heterocycles. The zero-order valence-electron chi connectivity index (χ0n) is 30.5. The number of carbonyl (C=O) groups excluding carboxylic acids is 3. The number of amides is 3. The van der Waals surface area contributed by atoms with Crippen LogP contribution in [-0.4, -0.2) is 75.0 Å². The highest BCUT2D eigenvalue weighted by Crippen LogP contribution is 2.41. The number of anilines is 3. The molecule has 2 aromatic carbocycles. The molecule has 1 saturated carbocycles. The van der Waals surface area contributed by atoms with Gasteiger partial charge in [-0.15, -0.1) is 0 Å². The van der Waals surface area contributed by atoms with Crippen molar-refractivity contribution in [2.75, 3.05) is 42.9 Å². The molecule has 54 heavy (non-hydrogen) atoms. The minimum atomic E-state index is -0.596. The Hall–Kier alpha value is -5.30. The third kappa shape index (κ3) is 6.69. The number of fused-ring (bicyclic) bond motifs is 3. The van der Waals surface area contributed by atoms with Crippen molar-refractivity contribution in [3.05, 3.63) is 71.8 Å². The van der Waals surface area contributed by atoms with E-state index in [0.717, 1.165) is 99.0 Å². The van der Waals surface area contributed by atoms with E-state index in [4.69, 9.17) is 15.2 Å². The van der Waals surface area contributed by atoms with Crippen LogP contribution in [0.4, 0.5) is 17.3 Å². The molecule has 4 N–H and O–H groups in total. The standard InChI is InChI=1S/C41H47N9O4/c42-39(52)38-40(45-34(23-43-38)49-17-2-1-3-18-49)44-28-7-5-26(6-8-28)27-14-19-48(20-15-27)24-25-4-9-29(22-25)50-21-16-30-32(50)11-12-33-36(30)37(47-54-33)31-10-13-35(51)46-41(31)53/h5-8,11-12,16,21,23,25,27,29,31H,1-4,9-10,13-15,17-20,22,24H2,(H2,42,52)(H,44,45)(H,46,51,53)/t25-,29?,31?/m0/s1. The highest BCUT2D eigenvalue weighted by Gasteiger charge is 2.34. The maximum absolute atomic E-state index is 12.7. The summed E-state index contributed by atoms with van der Waals surface area (Å²) in [6.07, 6.45) is 13.8. The Morgan fingerprint density at radius 1 is 0.944 bits per heavy atom. The van der Waals surface area contributed by atoms with Crippen LogP contribution in [0, 0.1) is 5.92 Å². The fraction of sp³-hybridized carbons (Fsp3) is 0.463. The molecule has 2 unspecified atom stereocenters. The number of hydrogen-bond donors (Lipinski definition) is 3. The largest absolute Gasteiger partial charge is 0.364 e. The Kier molecular flexibility index (Phi) is 9.26. The lowest BCUT2D eigenvalue weighted by molar-refractivity contribution is -0.134. The number of likely N-dealkylation sites (tertiary alicyclic amines) is 1. The fourth-order valence-electron chi connectivity index (χ4n) is 9.39. The van der Waals surface area contributed by atoms with Crippen molar-refractivity contribution in [1.82, 2.24) is 29.9 Å². The van der Waals surface area contributed by atoms with E-state index in [9.17, 15) is 14.4 Å². The number of imide groups is 1. The summed E-state index contributed by atoms with van der Waals surface area (Å²) in [6, 6.07) is 15.1. The summed E-state index contributed by atoms with van der Waals surface area (Å²) in [6.45, 7) is 5.19. The van der Waals surface area contributed by atoms with E-state index in [1.54, 1.807) is 6.20 Å². The molecule has 9 rings (SSSR count). The fourth-order valence-corrected chi connectivity index (χ4v) is 9.39. The predicted octanol–water partition coefficient (Wildman–Crippen LogP) is 6.15. The Labute approximate surface area is 313 Å². The van der Waals surface area contributed by atoms with Gasteiger partial charge in [-0.3, -0.25) is 19.7 Å². The second-order valence-corrected chi connectivity index (χ2v) is 15.7. The maximum Gasteiger partial charge on any atom is 0.271 e. The molecule has 5 aromatic rings. The summed E-state index contributed by atoms with van der Waals surface area (Å²) >= 11 is 0. The molecule has 13 heteroatoms. The number of nitrogens with one attached hydrogen (secondary N) is 2. The molecule has 3 atom stereocenters. The smallest absolute Gasteiger partial charge is 0.271 e. The third-order valence-electron chi connectivity index (χ3n) is 12.3. The van der Waals surface area contributed by atoms with Crippen LogP contribution < -0.4 is 21.3 Å². The normalized spacial score (nSPS) is 23.0. The quantitative estimate of drug-likeness (QED) is 0.150. The molecule has 3 saturated heterocycles. The zero-order chi connectivity index (χ0) is 36.8. The monoisotopic (exact) mass is 729 g/mol. The van der Waals surface area contributed by atoms with Crippen molar-refractivity contribution < 1.29 is 18.9 Å². The van der Waals surface area contributed by atoms with E-state index in [0.29, 0.717) is 47.8 Å². The first kappa shape index (κ1) is 34.5.